The molecule has 0 aliphatic heterocycles. The summed E-state index contributed by atoms with van der Waals surface area (Å²) in [5.74, 6) is -0.101. The minimum atomic E-state index is -3.37. The van der Waals surface area contributed by atoms with Crippen LogP contribution >= 0.6 is 0 Å². The third-order valence-corrected chi connectivity index (χ3v) is 4.66. The fraction of sp³-hybridized carbons (Fsp3) is 0.273. The molecule has 0 amide bonds. The minimum Gasteiger partial charge on any atom is -0.493 e. The van der Waals surface area contributed by atoms with E-state index in [0.717, 1.165) is 5.39 Å². The monoisotopic (exact) mass is 252 g/mol. The summed E-state index contributed by atoms with van der Waals surface area (Å²) >= 11 is 0. The van der Waals surface area contributed by atoms with Crippen LogP contribution < -0.4 is 4.83 Å². The summed E-state index contributed by atoms with van der Waals surface area (Å²) in [6.07, 6.45) is 1.38. The number of sulfonamides is 1. The Kier molecular flexibility index (Phi) is 2.09. The van der Waals surface area contributed by atoms with Crippen molar-refractivity contribution < 1.29 is 13.5 Å². The van der Waals surface area contributed by atoms with Gasteiger partial charge < -0.3 is 5.11 Å². The molecule has 1 saturated carbocycles. The number of hydrogen-bond donors (Lipinski definition) is 2. The molecular weight excluding hydrogens is 240 g/mol. The maximum Gasteiger partial charge on any atom is 0.249 e. The van der Waals surface area contributed by atoms with Crippen LogP contribution in [0, 0.1) is 0 Å². The van der Waals surface area contributed by atoms with Crippen LogP contribution in [0.5, 0.6) is 5.88 Å². The molecule has 1 aromatic heterocycles. The van der Waals surface area contributed by atoms with Crippen molar-refractivity contribution in [1.29, 1.82) is 0 Å². The molecule has 2 N–H and O–H groups in total. The number of nitrogens with one attached hydrogen (secondary N) is 1. The summed E-state index contributed by atoms with van der Waals surface area (Å²) in [4.78, 5) is 2.41. The van der Waals surface area contributed by atoms with E-state index in [4.69, 9.17) is 0 Å². The highest BCUT2D eigenvalue weighted by Gasteiger charge is 2.36. The van der Waals surface area contributed by atoms with E-state index < -0.39 is 10.0 Å². The van der Waals surface area contributed by atoms with Crippen LogP contribution in [0.25, 0.3) is 10.9 Å². The normalized spacial score (nSPS) is 16.2. The van der Waals surface area contributed by atoms with Crippen LogP contribution in [-0.4, -0.2) is 23.5 Å². The Labute approximate surface area is 98.7 Å². The third kappa shape index (κ3) is 1.74. The van der Waals surface area contributed by atoms with Crippen LogP contribution in [-0.2, 0) is 10.0 Å². The highest BCUT2D eigenvalue weighted by atomic mass is 32.2. The number of nitrogens with zero attached hydrogens (tertiary/aromatic N) is 1. The zero-order chi connectivity index (χ0) is 12.0. The predicted octanol–water partition coefficient (Wildman–Crippen LogP) is 1.38. The van der Waals surface area contributed by atoms with Gasteiger partial charge in [0.05, 0.1) is 10.8 Å². The molecule has 0 spiro atoms. The van der Waals surface area contributed by atoms with Crippen molar-refractivity contribution in [3.05, 3.63) is 30.3 Å². The van der Waals surface area contributed by atoms with Gasteiger partial charge in [-0.15, -0.1) is 0 Å². The molecular formula is C11H12N2O3S. The molecule has 5 nitrogen and oxygen atoms in total. The number of rotatable bonds is 3. The summed E-state index contributed by atoms with van der Waals surface area (Å²) in [5, 5.41) is 10.2. The molecule has 17 heavy (non-hydrogen) atoms. The fourth-order valence-corrected chi connectivity index (χ4v) is 3.17. The molecule has 0 atom stereocenters. The van der Waals surface area contributed by atoms with Gasteiger partial charge in [-0.3, -0.25) is 0 Å². The largest absolute Gasteiger partial charge is 0.493 e. The van der Waals surface area contributed by atoms with Gasteiger partial charge in [0.15, 0.2) is 0 Å². The molecule has 6 heteroatoms. The molecule has 1 aliphatic rings. The first-order valence-electron chi connectivity index (χ1n) is 5.39. The molecule has 90 valence electrons. The lowest BCUT2D eigenvalue weighted by molar-refractivity contribution is 0.439. The Morgan fingerprint density at radius 2 is 2.00 bits per heavy atom. The smallest absolute Gasteiger partial charge is 0.249 e. The third-order valence-electron chi connectivity index (χ3n) is 2.87. The van der Waals surface area contributed by atoms with Crippen LogP contribution in [0.4, 0.5) is 0 Å². The van der Waals surface area contributed by atoms with Crippen molar-refractivity contribution in [2.24, 2.45) is 0 Å². The van der Waals surface area contributed by atoms with Gasteiger partial charge in [-0.2, -0.15) is 0 Å². The van der Waals surface area contributed by atoms with Gasteiger partial charge in [0.25, 0.3) is 0 Å². The summed E-state index contributed by atoms with van der Waals surface area (Å²) in [7, 11) is -3.37. The average molecular weight is 252 g/mol. The Morgan fingerprint density at radius 1 is 1.29 bits per heavy atom. The Hall–Kier alpha value is -1.69. The summed E-state index contributed by atoms with van der Waals surface area (Å²) in [6, 6.07) is 8.73. The second kappa shape index (κ2) is 3.40. The van der Waals surface area contributed by atoms with Crippen molar-refractivity contribution in [3.63, 3.8) is 0 Å². The summed E-state index contributed by atoms with van der Waals surface area (Å²) < 4.78 is 24.8. The average Bonchev–Trinajstić information content (AvgIpc) is 3.07. The number of benzene rings is 1. The molecule has 3 rings (SSSR count). The van der Waals surface area contributed by atoms with Crippen LogP contribution in [0.1, 0.15) is 12.8 Å². The van der Waals surface area contributed by atoms with Crippen molar-refractivity contribution in [2.45, 2.75) is 18.1 Å². The predicted molar refractivity (Wildman–Crippen MR) is 64.9 cm³/mol. The molecule has 0 bridgehead atoms. The Bertz CT molecular complexity index is 671. The lowest BCUT2D eigenvalue weighted by atomic mass is 10.3. The second-order valence-electron chi connectivity index (χ2n) is 4.23. The van der Waals surface area contributed by atoms with Crippen LogP contribution in [0.3, 0.4) is 0 Å². The SMILES string of the molecule is O=S(=O)(Nn1c(O)cc2ccccc21)C1CC1. The van der Waals surface area contributed by atoms with Crippen molar-refractivity contribution in [2.75, 3.05) is 4.83 Å². The molecule has 1 aliphatic carbocycles. The number of para-hydroxylation sites is 1. The van der Waals surface area contributed by atoms with Crippen LogP contribution in [0.15, 0.2) is 30.3 Å². The van der Waals surface area contributed by atoms with E-state index >= 15 is 0 Å². The van der Waals surface area contributed by atoms with E-state index in [0.29, 0.717) is 18.4 Å². The highest BCUT2D eigenvalue weighted by Crippen LogP contribution is 2.30. The maximum atomic E-state index is 11.8. The molecule has 1 heterocycles. The lowest BCUT2D eigenvalue weighted by Crippen LogP contribution is -2.25. The van der Waals surface area contributed by atoms with Gasteiger partial charge in [-0.05, 0) is 18.9 Å². The number of fused-ring (bicyclic) bond motifs is 1. The van der Waals surface area contributed by atoms with E-state index in [1.165, 1.54) is 10.7 Å². The maximum absolute atomic E-state index is 11.8. The number of aromatic nitrogens is 1. The topological polar surface area (TPSA) is 71.3 Å². The molecule has 0 unspecified atom stereocenters. The second-order valence-corrected chi connectivity index (χ2v) is 6.17. The quantitative estimate of drug-likeness (QED) is 0.867. The van der Waals surface area contributed by atoms with Gasteiger partial charge >= 0.3 is 0 Å². The fourth-order valence-electron chi connectivity index (χ4n) is 1.82. The Balaban J connectivity index is 2.08. The van der Waals surface area contributed by atoms with Gasteiger partial charge in [0.2, 0.25) is 15.9 Å². The van der Waals surface area contributed by atoms with Gasteiger partial charge in [-0.25, -0.2) is 17.9 Å². The molecule has 0 radical (unpaired) electrons. The number of hydrogen-bond acceptors (Lipinski definition) is 3. The zero-order valence-electron chi connectivity index (χ0n) is 9.00. The molecule has 2 aromatic rings. The van der Waals surface area contributed by atoms with E-state index in [2.05, 4.69) is 4.83 Å². The number of aromatic hydroxyl groups is 1. The first-order valence-corrected chi connectivity index (χ1v) is 6.94. The Morgan fingerprint density at radius 3 is 2.71 bits per heavy atom. The molecule has 1 aromatic carbocycles. The van der Waals surface area contributed by atoms with E-state index in [9.17, 15) is 13.5 Å². The van der Waals surface area contributed by atoms with Crippen molar-refractivity contribution in [1.82, 2.24) is 4.68 Å². The first-order chi connectivity index (χ1) is 8.08. The minimum absolute atomic E-state index is 0.101. The van der Waals surface area contributed by atoms with Crippen molar-refractivity contribution >= 4 is 20.9 Å². The zero-order valence-corrected chi connectivity index (χ0v) is 9.81. The van der Waals surface area contributed by atoms with E-state index in [1.54, 1.807) is 12.1 Å². The summed E-state index contributed by atoms with van der Waals surface area (Å²) in [6.45, 7) is 0. The molecule has 1 fully saturated rings. The standard InChI is InChI=1S/C11H12N2O3S/c14-11-7-8-3-1-2-4-10(8)13(11)12-17(15,16)9-5-6-9/h1-4,7,9,12,14H,5-6H2. The van der Waals surface area contributed by atoms with Crippen LogP contribution in [0.2, 0.25) is 0 Å². The highest BCUT2D eigenvalue weighted by molar-refractivity contribution is 7.93. The van der Waals surface area contributed by atoms with Gasteiger partial charge in [0, 0.05) is 11.5 Å². The molecule has 0 saturated heterocycles. The van der Waals surface area contributed by atoms with E-state index in [1.807, 2.05) is 12.1 Å². The van der Waals surface area contributed by atoms with Gasteiger partial charge in [0.1, 0.15) is 0 Å². The van der Waals surface area contributed by atoms with Gasteiger partial charge in [-0.1, -0.05) is 18.2 Å². The first kappa shape index (κ1) is 10.5. The van der Waals surface area contributed by atoms with Crippen molar-refractivity contribution in [3.8, 4) is 5.88 Å². The summed E-state index contributed by atoms with van der Waals surface area (Å²) in [5.41, 5.74) is 0.647. The van der Waals surface area contributed by atoms with E-state index in [-0.39, 0.29) is 11.1 Å². The lowest BCUT2D eigenvalue weighted by Gasteiger charge is -2.10.